The maximum Gasteiger partial charge on any atom is 0.183 e. The minimum Gasteiger partial charge on any atom is -0.383 e. The molecule has 0 bridgehead atoms. The molecule has 27 heavy (non-hydrogen) atoms. The summed E-state index contributed by atoms with van der Waals surface area (Å²) in [5, 5.41) is 40.6. The Bertz CT molecular complexity index is 1070. The van der Waals surface area contributed by atoms with Crippen LogP contribution in [0.1, 0.15) is 11.1 Å². The van der Waals surface area contributed by atoms with Gasteiger partial charge in [-0.15, -0.1) is 0 Å². The van der Waals surface area contributed by atoms with Crippen LogP contribution in [0.4, 0.5) is 17.5 Å². The molecule has 0 amide bonds. The van der Waals surface area contributed by atoms with E-state index in [1.807, 2.05) is 6.07 Å². The Morgan fingerprint density at radius 3 is 2.81 bits per heavy atom. The van der Waals surface area contributed by atoms with Gasteiger partial charge in [0, 0.05) is 17.8 Å². The van der Waals surface area contributed by atoms with Gasteiger partial charge in [-0.25, -0.2) is 15.3 Å². The lowest BCUT2D eigenvalue weighted by Gasteiger charge is -2.07. The molecule has 11 nitrogen and oxygen atoms in total. The molecule has 3 aromatic rings. The molecular weight excluding hydrogens is 350 g/mol. The molecule has 1 fully saturated rings. The third kappa shape index (κ3) is 3.23. The SMILES string of the molecule is N#Cc1ccc(Nc2cc(N)n3ncc(/C=C4\NC(O)NC4O)c3n2)nc1. The van der Waals surface area contributed by atoms with Crippen LogP contribution in [-0.2, 0) is 0 Å². The average molecular weight is 365 g/mol. The zero-order valence-corrected chi connectivity index (χ0v) is 13.8. The lowest BCUT2D eigenvalue weighted by atomic mass is 10.2. The smallest absolute Gasteiger partial charge is 0.183 e. The Kier molecular flexibility index (Phi) is 4.05. The van der Waals surface area contributed by atoms with Crippen molar-refractivity contribution in [2.75, 3.05) is 11.1 Å². The average Bonchev–Trinajstić information content (AvgIpc) is 3.19. The Morgan fingerprint density at radius 1 is 1.30 bits per heavy atom. The second kappa shape index (κ2) is 6.54. The number of aliphatic hydroxyl groups is 2. The zero-order valence-electron chi connectivity index (χ0n) is 13.8. The number of hydrogen-bond acceptors (Lipinski definition) is 10. The van der Waals surface area contributed by atoms with Crippen LogP contribution in [0.3, 0.4) is 0 Å². The van der Waals surface area contributed by atoms with Crippen LogP contribution in [0.15, 0.2) is 36.3 Å². The molecule has 0 spiro atoms. The summed E-state index contributed by atoms with van der Waals surface area (Å²) in [4.78, 5) is 8.63. The maximum atomic E-state index is 9.86. The van der Waals surface area contributed by atoms with Gasteiger partial charge in [-0.1, -0.05) is 0 Å². The van der Waals surface area contributed by atoms with Gasteiger partial charge in [-0.05, 0) is 18.2 Å². The first-order valence-electron chi connectivity index (χ1n) is 7.91. The molecule has 0 radical (unpaired) electrons. The van der Waals surface area contributed by atoms with Crippen LogP contribution in [0, 0.1) is 11.3 Å². The number of nitriles is 1. The van der Waals surface area contributed by atoms with Gasteiger partial charge >= 0.3 is 0 Å². The highest BCUT2D eigenvalue weighted by atomic mass is 16.3. The summed E-state index contributed by atoms with van der Waals surface area (Å²) in [6, 6.07) is 6.90. The first kappa shape index (κ1) is 16.7. The molecule has 136 valence electrons. The van der Waals surface area contributed by atoms with Gasteiger partial charge in [0.25, 0.3) is 0 Å². The highest BCUT2D eigenvalue weighted by molar-refractivity contribution is 5.71. The molecule has 2 atom stereocenters. The number of rotatable bonds is 3. The number of nitrogens with one attached hydrogen (secondary N) is 3. The fourth-order valence-electron chi connectivity index (χ4n) is 2.64. The van der Waals surface area contributed by atoms with Gasteiger partial charge in [0.1, 0.15) is 29.8 Å². The van der Waals surface area contributed by atoms with Crippen molar-refractivity contribution in [3.05, 3.63) is 47.4 Å². The molecule has 11 heteroatoms. The summed E-state index contributed by atoms with van der Waals surface area (Å²) in [5.41, 5.74) is 7.92. The summed E-state index contributed by atoms with van der Waals surface area (Å²) >= 11 is 0. The highest BCUT2D eigenvalue weighted by Gasteiger charge is 2.24. The van der Waals surface area contributed by atoms with Crippen molar-refractivity contribution in [1.82, 2.24) is 30.2 Å². The van der Waals surface area contributed by atoms with E-state index in [2.05, 4.69) is 31.0 Å². The number of hydrogen-bond donors (Lipinski definition) is 6. The van der Waals surface area contributed by atoms with Crippen molar-refractivity contribution in [2.45, 2.75) is 12.6 Å². The number of anilines is 3. The molecule has 4 rings (SSSR count). The molecule has 7 N–H and O–H groups in total. The summed E-state index contributed by atoms with van der Waals surface area (Å²) in [6.07, 6.45) is 2.55. The number of aromatic nitrogens is 4. The fraction of sp³-hybridized carbons (Fsp3) is 0.125. The zero-order chi connectivity index (χ0) is 19.0. The number of nitrogens with zero attached hydrogens (tertiary/aromatic N) is 5. The maximum absolute atomic E-state index is 9.86. The van der Waals surface area contributed by atoms with Crippen LogP contribution in [-0.4, -0.2) is 42.4 Å². The second-order valence-electron chi connectivity index (χ2n) is 5.79. The fourth-order valence-corrected chi connectivity index (χ4v) is 2.64. The van der Waals surface area contributed by atoms with E-state index in [9.17, 15) is 10.2 Å². The number of nitrogen functional groups attached to an aromatic ring is 1. The van der Waals surface area contributed by atoms with Crippen LogP contribution in [0.5, 0.6) is 0 Å². The van der Waals surface area contributed by atoms with Crippen molar-refractivity contribution in [1.29, 1.82) is 5.26 Å². The molecule has 0 aliphatic carbocycles. The van der Waals surface area contributed by atoms with Gasteiger partial charge in [-0.2, -0.15) is 14.9 Å². The van der Waals surface area contributed by atoms with Crippen LogP contribution < -0.4 is 21.7 Å². The van der Waals surface area contributed by atoms with Gasteiger partial charge in [0.2, 0.25) is 0 Å². The predicted molar refractivity (Wildman–Crippen MR) is 95.9 cm³/mol. The van der Waals surface area contributed by atoms with Crippen molar-refractivity contribution < 1.29 is 10.2 Å². The Morgan fingerprint density at radius 2 is 2.15 bits per heavy atom. The summed E-state index contributed by atoms with van der Waals surface area (Å²) in [7, 11) is 0. The van der Waals surface area contributed by atoms with Crippen LogP contribution in [0.2, 0.25) is 0 Å². The molecule has 3 aromatic heterocycles. The van der Waals surface area contributed by atoms with E-state index in [1.165, 1.54) is 10.7 Å². The molecule has 2 unspecified atom stereocenters. The topological polar surface area (TPSA) is 169 Å². The van der Waals surface area contributed by atoms with Gasteiger partial charge in [0.05, 0.1) is 17.5 Å². The largest absolute Gasteiger partial charge is 0.383 e. The van der Waals surface area contributed by atoms with Crippen LogP contribution >= 0.6 is 0 Å². The molecule has 0 aromatic carbocycles. The van der Waals surface area contributed by atoms with Gasteiger partial charge in [-0.3, -0.25) is 0 Å². The van der Waals surface area contributed by atoms with E-state index >= 15 is 0 Å². The summed E-state index contributed by atoms with van der Waals surface area (Å²) in [6.45, 7) is 0. The first-order chi connectivity index (χ1) is 13.0. The lowest BCUT2D eigenvalue weighted by molar-refractivity contribution is 0.0951. The lowest BCUT2D eigenvalue weighted by Crippen LogP contribution is -2.32. The molecule has 1 aliphatic rings. The normalized spacial score (nSPS) is 20.6. The van der Waals surface area contributed by atoms with Crippen molar-refractivity contribution in [3.63, 3.8) is 0 Å². The van der Waals surface area contributed by atoms with Crippen molar-refractivity contribution >= 4 is 29.2 Å². The standard InChI is InChI=1S/C16H15N9O2/c17-5-8-1-2-12(19-6-8)22-13-4-11(18)25-14(23-13)9(7-20-25)3-10-15(26)24-16(27)21-10/h1-4,6-7,15-16,21,24,26-27H,18H2,(H,19,22,23)/b10-3-. The molecule has 1 aliphatic heterocycles. The monoisotopic (exact) mass is 365 g/mol. The highest BCUT2D eigenvalue weighted by Crippen LogP contribution is 2.21. The molecule has 1 saturated heterocycles. The summed E-state index contributed by atoms with van der Waals surface area (Å²) < 4.78 is 1.45. The minimum absolute atomic E-state index is 0.346. The molecule has 0 saturated carbocycles. The van der Waals surface area contributed by atoms with Crippen molar-refractivity contribution in [2.24, 2.45) is 0 Å². The van der Waals surface area contributed by atoms with E-state index < -0.39 is 12.6 Å². The van der Waals surface area contributed by atoms with Gasteiger partial charge < -0.3 is 26.6 Å². The third-order valence-corrected chi connectivity index (χ3v) is 3.90. The predicted octanol–water partition coefficient (Wildman–Crippen LogP) is -0.550. The number of aliphatic hydroxyl groups excluding tert-OH is 2. The quantitative estimate of drug-likeness (QED) is 0.354. The van der Waals surface area contributed by atoms with E-state index in [4.69, 9.17) is 11.0 Å². The van der Waals surface area contributed by atoms with E-state index in [-0.39, 0.29) is 0 Å². The van der Waals surface area contributed by atoms with E-state index in [1.54, 1.807) is 30.5 Å². The number of pyridine rings is 1. The number of nitrogens with two attached hydrogens (primary N) is 1. The van der Waals surface area contributed by atoms with E-state index in [0.717, 1.165) is 0 Å². The van der Waals surface area contributed by atoms with E-state index in [0.29, 0.717) is 39.9 Å². The first-order valence-corrected chi connectivity index (χ1v) is 7.91. The van der Waals surface area contributed by atoms with Crippen molar-refractivity contribution in [3.8, 4) is 6.07 Å². The summed E-state index contributed by atoms with van der Waals surface area (Å²) in [5.74, 6) is 1.29. The molecular formula is C16H15N9O2. The number of fused-ring (bicyclic) bond motifs is 1. The third-order valence-electron chi connectivity index (χ3n) is 3.90. The molecule has 4 heterocycles. The Hall–Kier alpha value is -3.72. The second-order valence-corrected chi connectivity index (χ2v) is 5.79. The Balaban J connectivity index is 1.69. The van der Waals surface area contributed by atoms with Crippen LogP contribution in [0.25, 0.3) is 11.7 Å². The Labute approximate surface area is 152 Å². The van der Waals surface area contributed by atoms with Gasteiger partial charge in [0.15, 0.2) is 12.0 Å². The minimum atomic E-state index is -1.04.